The van der Waals surface area contributed by atoms with E-state index >= 15 is 0 Å². The Labute approximate surface area is 218 Å². The van der Waals surface area contributed by atoms with E-state index in [1.54, 1.807) is 4.90 Å². The molecule has 3 atom stereocenters. The largest absolute Gasteiger partial charge is 0.453 e. The maximum absolute atomic E-state index is 14.8. The van der Waals surface area contributed by atoms with Gasteiger partial charge in [-0.2, -0.15) is 0 Å². The lowest BCUT2D eigenvalue weighted by atomic mass is 9.85. The zero-order valence-corrected chi connectivity index (χ0v) is 22.1. The van der Waals surface area contributed by atoms with Crippen LogP contribution in [-0.2, 0) is 9.47 Å². The number of nitrogens with zero attached hydrogens (tertiary/aromatic N) is 1. The Balaban J connectivity index is 1.66. The summed E-state index contributed by atoms with van der Waals surface area (Å²) in [4.78, 5) is 26.4. The molecule has 3 N–H and O–H groups in total. The van der Waals surface area contributed by atoms with Crippen LogP contribution < -0.4 is 16.0 Å². The highest BCUT2D eigenvalue weighted by atomic mass is 19.1. The van der Waals surface area contributed by atoms with Gasteiger partial charge in [-0.3, -0.25) is 0 Å². The number of benzene rings is 1. The van der Waals surface area contributed by atoms with Gasteiger partial charge < -0.3 is 30.3 Å². The van der Waals surface area contributed by atoms with Gasteiger partial charge in [0, 0.05) is 43.7 Å². The quantitative estimate of drug-likeness (QED) is 0.374. The van der Waals surface area contributed by atoms with E-state index < -0.39 is 23.8 Å². The number of hydrogen-bond acceptors (Lipinski definition) is 5. The third-order valence-corrected chi connectivity index (χ3v) is 7.41. The summed E-state index contributed by atoms with van der Waals surface area (Å²) >= 11 is 0. The molecule has 0 bridgehead atoms. The number of piperidine rings is 1. The smallest absolute Gasteiger partial charge is 0.406 e. The standard InChI is InChI=1S/C27H42F2N4O4/c1-30-17-22(15-19-7-4-3-5-8-19)32-26(34)33-13-6-9-20(18-33)25(37-14-12-31-27(35)36-2)23-16-21(28)10-11-24(23)29/h10-11,16,19-20,22,25,30H,3-9,12-15,17-18H2,1-2H3,(H,31,35)(H,32,34)/t20-,22+,25?/m1/s1. The number of hydrogen-bond donors (Lipinski definition) is 3. The molecule has 0 spiro atoms. The van der Waals surface area contributed by atoms with Crippen molar-refractivity contribution in [2.45, 2.75) is 63.5 Å². The van der Waals surface area contributed by atoms with E-state index in [1.807, 2.05) is 7.05 Å². The minimum Gasteiger partial charge on any atom is -0.453 e. The van der Waals surface area contributed by atoms with Gasteiger partial charge in [0.25, 0.3) is 0 Å². The van der Waals surface area contributed by atoms with Gasteiger partial charge in [-0.05, 0) is 50.4 Å². The van der Waals surface area contributed by atoms with Gasteiger partial charge >= 0.3 is 12.1 Å². The second-order valence-electron chi connectivity index (χ2n) is 10.2. The summed E-state index contributed by atoms with van der Waals surface area (Å²) in [6, 6.07) is 3.22. The Kier molecular flexibility index (Phi) is 11.9. The molecule has 1 unspecified atom stereocenters. The maximum Gasteiger partial charge on any atom is 0.406 e. The van der Waals surface area contributed by atoms with Crippen molar-refractivity contribution in [1.29, 1.82) is 0 Å². The SMILES string of the molecule is CNC[C@H](CC1CCCCC1)NC(=O)N1CCC[C@@H](C(OCCNC(=O)OC)c2cc(F)ccc2F)C1. The first-order valence-corrected chi connectivity index (χ1v) is 13.5. The van der Waals surface area contributed by atoms with Gasteiger partial charge in [-0.25, -0.2) is 18.4 Å². The van der Waals surface area contributed by atoms with Gasteiger partial charge in [0.05, 0.1) is 19.8 Å². The maximum atomic E-state index is 14.8. The molecular formula is C27H42F2N4O4. The highest BCUT2D eigenvalue weighted by Gasteiger charge is 2.33. The molecule has 1 saturated carbocycles. The highest BCUT2D eigenvalue weighted by Crippen LogP contribution is 2.35. The number of urea groups is 1. The van der Waals surface area contributed by atoms with E-state index in [-0.39, 0.29) is 36.7 Å². The molecular weight excluding hydrogens is 482 g/mol. The molecule has 1 heterocycles. The zero-order valence-electron chi connectivity index (χ0n) is 22.1. The van der Waals surface area contributed by atoms with Crippen LogP contribution in [0.25, 0.3) is 0 Å². The van der Waals surface area contributed by atoms with Crippen molar-refractivity contribution < 1.29 is 27.8 Å². The average molecular weight is 525 g/mol. The van der Waals surface area contributed by atoms with Crippen molar-refractivity contribution in [2.75, 3.05) is 46.9 Å². The van der Waals surface area contributed by atoms with Crippen molar-refractivity contribution in [3.63, 3.8) is 0 Å². The Morgan fingerprint density at radius 3 is 2.65 bits per heavy atom. The highest BCUT2D eigenvalue weighted by molar-refractivity contribution is 5.74. The van der Waals surface area contributed by atoms with E-state index in [0.717, 1.165) is 31.0 Å². The second-order valence-corrected chi connectivity index (χ2v) is 10.2. The number of likely N-dealkylation sites (N-methyl/N-ethyl adjacent to an activating group) is 1. The van der Waals surface area contributed by atoms with Crippen LogP contribution in [-0.4, -0.2) is 70.0 Å². The van der Waals surface area contributed by atoms with Gasteiger partial charge in [0.2, 0.25) is 0 Å². The minimum absolute atomic E-state index is 0.0399. The number of halogens is 2. The lowest BCUT2D eigenvalue weighted by Crippen LogP contribution is -2.52. The lowest BCUT2D eigenvalue weighted by molar-refractivity contribution is -0.0108. The molecule has 37 heavy (non-hydrogen) atoms. The molecule has 2 fully saturated rings. The fourth-order valence-electron chi connectivity index (χ4n) is 5.60. The predicted octanol–water partition coefficient (Wildman–Crippen LogP) is 4.36. The van der Waals surface area contributed by atoms with Crippen LogP contribution >= 0.6 is 0 Å². The number of alkyl carbamates (subject to hydrolysis) is 1. The molecule has 1 aliphatic carbocycles. The molecule has 10 heteroatoms. The number of ether oxygens (including phenoxy) is 2. The summed E-state index contributed by atoms with van der Waals surface area (Å²) in [6.45, 7) is 1.91. The van der Waals surface area contributed by atoms with Crippen LogP contribution in [0.2, 0.25) is 0 Å². The summed E-state index contributed by atoms with van der Waals surface area (Å²) in [6.07, 6.45) is 7.27. The Morgan fingerprint density at radius 1 is 1.14 bits per heavy atom. The van der Waals surface area contributed by atoms with Crippen molar-refractivity contribution in [1.82, 2.24) is 20.9 Å². The average Bonchev–Trinajstić information content (AvgIpc) is 2.91. The molecule has 0 radical (unpaired) electrons. The Morgan fingerprint density at radius 2 is 1.92 bits per heavy atom. The number of nitrogens with one attached hydrogen (secondary N) is 3. The van der Waals surface area contributed by atoms with Crippen molar-refractivity contribution in [2.24, 2.45) is 11.8 Å². The van der Waals surface area contributed by atoms with Crippen molar-refractivity contribution >= 4 is 12.1 Å². The van der Waals surface area contributed by atoms with Gasteiger partial charge in [-0.1, -0.05) is 32.1 Å². The van der Waals surface area contributed by atoms with Gasteiger partial charge in [0.15, 0.2) is 0 Å². The Bertz CT molecular complexity index is 869. The molecule has 1 aromatic rings. The number of carbonyl (C=O) groups is 2. The van der Waals surface area contributed by atoms with E-state index in [0.29, 0.717) is 32.0 Å². The molecule has 8 nitrogen and oxygen atoms in total. The van der Waals surface area contributed by atoms with E-state index in [2.05, 4.69) is 20.7 Å². The first kappa shape index (κ1) is 29.1. The fourth-order valence-corrected chi connectivity index (χ4v) is 5.60. The van der Waals surface area contributed by atoms with Crippen LogP contribution in [0.4, 0.5) is 18.4 Å². The van der Waals surface area contributed by atoms with Gasteiger partial charge in [0.1, 0.15) is 11.6 Å². The van der Waals surface area contributed by atoms with Crippen LogP contribution in [0.15, 0.2) is 18.2 Å². The first-order valence-electron chi connectivity index (χ1n) is 13.5. The van der Waals surface area contributed by atoms with Crippen LogP contribution in [0.3, 0.4) is 0 Å². The number of amides is 3. The minimum atomic E-state index is -0.763. The monoisotopic (exact) mass is 524 g/mol. The molecule has 3 amide bonds. The number of rotatable bonds is 11. The third kappa shape index (κ3) is 9.10. The number of likely N-dealkylation sites (tertiary alicyclic amines) is 1. The summed E-state index contributed by atoms with van der Waals surface area (Å²) < 4.78 is 39.4. The van der Waals surface area contributed by atoms with E-state index in [9.17, 15) is 18.4 Å². The van der Waals surface area contributed by atoms with E-state index in [4.69, 9.17) is 4.74 Å². The summed E-state index contributed by atoms with van der Waals surface area (Å²) in [5, 5.41) is 8.94. The zero-order chi connectivity index (χ0) is 26.6. The second kappa shape index (κ2) is 15.1. The molecule has 3 rings (SSSR count). The Hall–Kier alpha value is -2.46. The number of methoxy groups -OCH3 is 1. The lowest BCUT2D eigenvalue weighted by Gasteiger charge is -2.38. The van der Waals surface area contributed by atoms with Crippen molar-refractivity contribution in [3.05, 3.63) is 35.4 Å². The predicted molar refractivity (Wildman–Crippen MR) is 137 cm³/mol. The van der Waals surface area contributed by atoms with Crippen LogP contribution in [0.5, 0.6) is 0 Å². The molecule has 0 aromatic heterocycles. The fraction of sp³-hybridized carbons (Fsp3) is 0.704. The molecule has 1 aliphatic heterocycles. The van der Waals surface area contributed by atoms with Gasteiger partial charge in [-0.15, -0.1) is 0 Å². The first-order chi connectivity index (χ1) is 17.9. The normalized spacial score (nSPS) is 20.2. The molecule has 1 saturated heterocycles. The summed E-state index contributed by atoms with van der Waals surface area (Å²) in [7, 11) is 3.15. The summed E-state index contributed by atoms with van der Waals surface area (Å²) in [5.41, 5.74) is 0.121. The molecule has 208 valence electrons. The molecule has 2 aliphatic rings. The van der Waals surface area contributed by atoms with Crippen molar-refractivity contribution in [3.8, 4) is 0 Å². The third-order valence-electron chi connectivity index (χ3n) is 7.41. The van der Waals surface area contributed by atoms with E-state index in [1.165, 1.54) is 39.2 Å². The topological polar surface area (TPSA) is 91.9 Å². The number of carbonyl (C=O) groups excluding carboxylic acids is 2. The molecule has 1 aromatic carbocycles. The van der Waals surface area contributed by atoms with Crippen LogP contribution in [0.1, 0.15) is 63.0 Å². The van der Waals surface area contributed by atoms with Crippen LogP contribution in [0, 0.1) is 23.5 Å². The summed E-state index contributed by atoms with van der Waals surface area (Å²) in [5.74, 6) is -0.708.